The molecule has 3 nitrogen and oxygen atoms in total. The number of carbonyl (C=O) groups is 1. The van der Waals surface area contributed by atoms with Crippen molar-refractivity contribution in [2.45, 2.75) is 6.92 Å². The molecular formula is C16H12ClNO2. The van der Waals surface area contributed by atoms with E-state index in [9.17, 15) is 4.79 Å². The molecule has 2 aromatic carbocycles. The van der Waals surface area contributed by atoms with Crippen molar-refractivity contribution in [3.05, 3.63) is 53.1 Å². The first kappa shape index (κ1) is 12.9. The van der Waals surface area contributed by atoms with Crippen LogP contribution in [0.5, 0.6) is 0 Å². The van der Waals surface area contributed by atoms with Crippen LogP contribution in [0.2, 0.25) is 5.02 Å². The van der Waals surface area contributed by atoms with Crippen LogP contribution in [0.15, 0.2) is 42.5 Å². The molecule has 1 aromatic heterocycles. The number of nitrogens with zero attached hydrogens (tertiary/aromatic N) is 1. The number of esters is 1. The van der Waals surface area contributed by atoms with Gasteiger partial charge in [-0.2, -0.15) is 0 Å². The number of fused-ring (bicyclic) bond motifs is 2. The van der Waals surface area contributed by atoms with Gasteiger partial charge in [0.2, 0.25) is 0 Å². The highest BCUT2D eigenvalue weighted by Crippen LogP contribution is 2.28. The summed E-state index contributed by atoms with van der Waals surface area (Å²) in [5.41, 5.74) is 1.99. The van der Waals surface area contributed by atoms with Crippen LogP contribution in [-0.2, 0) is 4.74 Å². The van der Waals surface area contributed by atoms with Crippen LogP contribution < -0.4 is 0 Å². The van der Waals surface area contributed by atoms with E-state index in [0.29, 0.717) is 22.7 Å². The highest BCUT2D eigenvalue weighted by Gasteiger charge is 2.16. The highest BCUT2D eigenvalue weighted by atomic mass is 35.5. The van der Waals surface area contributed by atoms with Crippen molar-refractivity contribution in [2.75, 3.05) is 6.61 Å². The van der Waals surface area contributed by atoms with Crippen molar-refractivity contribution in [2.24, 2.45) is 0 Å². The Morgan fingerprint density at radius 2 is 1.90 bits per heavy atom. The van der Waals surface area contributed by atoms with Crippen LogP contribution in [0.25, 0.3) is 21.8 Å². The smallest absolute Gasteiger partial charge is 0.339 e. The first-order chi connectivity index (χ1) is 9.70. The fourth-order valence-corrected chi connectivity index (χ4v) is 2.46. The lowest BCUT2D eigenvalue weighted by Crippen LogP contribution is -2.07. The number of hydrogen-bond acceptors (Lipinski definition) is 3. The van der Waals surface area contributed by atoms with Crippen molar-refractivity contribution in [3.8, 4) is 0 Å². The molecule has 100 valence electrons. The monoisotopic (exact) mass is 285 g/mol. The third-order valence-corrected chi connectivity index (χ3v) is 3.36. The Hall–Kier alpha value is -2.13. The van der Waals surface area contributed by atoms with Gasteiger partial charge in [0.05, 0.1) is 23.2 Å². The van der Waals surface area contributed by atoms with E-state index in [0.717, 1.165) is 16.3 Å². The summed E-state index contributed by atoms with van der Waals surface area (Å²) in [6.07, 6.45) is 0. The number of aromatic nitrogens is 1. The van der Waals surface area contributed by atoms with Crippen molar-refractivity contribution >= 4 is 39.4 Å². The predicted molar refractivity (Wildman–Crippen MR) is 80.2 cm³/mol. The Kier molecular flexibility index (Phi) is 3.28. The number of pyridine rings is 1. The minimum atomic E-state index is -0.335. The zero-order valence-electron chi connectivity index (χ0n) is 10.9. The zero-order chi connectivity index (χ0) is 14.1. The normalized spacial score (nSPS) is 10.9. The van der Waals surface area contributed by atoms with Gasteiger partial charge in [0.25, 0.3) is 0 Å². The maximum Gasteiger partial charge on any atom is 0.339 e. The number of carbonyl (C=O) groups excluding carboxylic acids is 1. The van der Waals surface area contributed by atoms with Gasteiger partial charge in [0.15, 0.2) is 0 Å². The molecule has 0 unspecified atom stereocenters. The molecule has 1 heterocycles. The summed E-state index contributed by atoms with van der Waals surface area (Å²) in [6, 6.07) is 12.8. The molecule has 0 atom stereocenters. The second kappa shape index (κ2) is 5.10. The van der Waals surface area contributed by atoms with Gasteiger partial charge in [-0.15, -0.1) is 0 Å². The minimum Gasteiger partial charge on any atom is -0.462 e. The molecule has 0 amide bonds. The number of rotatable bonds is 2. The van der Waals surface area contributed by atoms with Crippen molar-refractivity contribution in [3.63, 3.8) is 0 Å². The summed E-state index contributed by atoms with van der Waals surface area (Å²) in [5.74, 6) is -0.335. The molecule has 0 aliphatic rings. The van der Waals surface area contributed by atoms with E-state index in [4.69, 9.17) is 16.3 Å². The molecular weight excluding hydrogens is 274 g/mol. The molecule has 0 aliphatic carbocycles. The van der Waals surface area contributed by atoms with E-state index in [1.54, 1.807) is 19.1 Å². The minimum absolute atomic E-state index is 0.335. The topological polar surface area (TPSA) is 39.2 Å². The number of ether oxygens (including phenoxy) is 1. The van der Waals surface area contributed by atoms with Crippen LogP contribution >= 0.6 is 11.6 Å². The van der Waals surface area contributed by atoms with Gasteiger partial charge in [-0.05, 0) is 25.1 Å². The Morgan fingerprint density at radius 1 is 1.15 bits per heavy atom. The van der Waals surface area contributed by atoms with Crippen LogP contribution in [0, 0.1) is 0 Å². The maximum absolute atomic E-state index is 12.3. The summed E-state index contributed by atoms with van der Waals surface area (Å²) in [5, 5.41) is 2.14. The van der Waals surface area contributed by atoms with Gasteiger partial charge in [-0.25, -0.2) is 9.78 Å². The molecule has 0 spiro atoms. The molecule has 0 N–H and O–H groups in total. The van der Waals surface area contributed by atoms with Gasteiger partial charge in [-0.3, -0.25) is 0 Å². The third kappa shape index (κ3) is 2.10. The van der Waals surface area contributed by atoms with E-state index < -0.39 is 0 Å². The quantitative estimate of drug-likeness (QED) is 0.523. The van der Waals surface area contributed by atoms with Gasteiger partial charge in [0.1, 0.15) is 0 Å². The van der Waals surface area contributed by atoms with Crippen molar-refractivity contribution in [1.82, 2.24) is 4.98 Å². The fraction of sp³-hybridized carbons (Fsp3) is 0.125. The average Bonchev–Trinajstić information content (AvgIpc) is 2.44. The Labute approximate surface area is 121 Å². The Morgan fingerprint density at radius 3 is 2.70 bits per heavy atom. The lowest BCUT2D eigenvalue weighted by atomic mass is 10.0. The van der Waals surface area contributed by atoms with E-state index in [-0.39, 0.29) is 5.97 Å². The lowest BCUT2D eigenvalue weighted by molar-refractivity contribution is 0.0531. The lowest BCUT2D eigenvalue weighted by Gasteiger charge is -2.10. The molecule has 0 saturated heterocycles. The van der Waals surface area contributed by atoms with E-state index in [1.165, 1.54) is 0 Å². The zero-order valence-corrected chi connectivity index (χ0v) is 11.6. The Balaban J connectivity index is 2.43. The molecule has 4 heteroatoms. The first-order valence-electron chi connectivity index (χ1n) is 6.36. The number of para-hydroxylation sites is 1. The first-order valence-corrected chi connectivity index (χ1v) is 6.73. The van der Waals surface area contributed by atoms with Gasteiger partial charge in [0, 0.05) is 15.8 Å². The maximum atomic E-state index is 12.3. The summed E-state index contributed by atoms with van der Waals surface area (Å²) in [4.78, 5) is 16.8. The molecule has 3 rings (SSSR count). The SMILES string of the molecule is CCOC(=O)c1c2ccccc2nc2cc(Cl)ccc12. The largest absolute Gasteiger partial charge is 0.462 e. The summed E-state index contributed by atoms with van der Waals surface area (Å²) in [6.45, 7) is 2.13. The van der Waals surface area contributed by atoms with E-state index in [2.05, 4.69) is 4.98 Å². The Bertz CT molecular complexity index is 814. The number of halogens is 1. The molecule has 20 heavy (non-hydrogen) atoms. The molecule has 0 bridgehead atoms. The van der Waals surface area contributed by atoms with Gasteiger partial charge >= 0.3 is 5.97 Å². The average molecular weight is 286 g/mol. The second-order valence-electron chi connectivity index (χ2n) is 4.39. The highest BCUT2D eigenvalue weighted by molar-refractivity contribution is 6.31. The summed E-state index contributed by atoms with van der Waals surface area (Å²) < 4.78 is 5.17. The number of hydrogen-bond donors (Lipinski definition) is 0. The van der Waals surface area contributed by atoms with Crippen LogP contribution in [0.1, 0.15) is 17.3 Å². The molecule has 0 aliphatic heterocycles. The van der Waals surface area contributed by atoms with Crippen molar-refractivity contribution < 1.29 is 9.53 Å². The third-order valence-electron chi connectivity index (χ3n) is 3.12. The van der Waals surface area contributed by atoms with E-state index in [1.807, 2.05) is 30.3 Å². The summed E-state index contributed by atoms with van der Waals surface area (Å²) >= 11 is 6.01. The van der Waals surface area contributed by atoms with Crippen LogP contribution in [-0.4, -0.2) is 17.6 Å². The molecule has 0 radical (unpaired) electrons. The summed E-state index contributed by atoms with van der Waals surface area (Å²) in [7, 11) is 0. The standard InChI is InChI=1S/C16H12ClNO2/c1-2-20-16(19)15-11-5-3-4-6-13(11)18-14-9-10(17)7-8-12(14)15/h3-9H,2H2,1H3. The van der Waals surface area contributed by atoms with Crippen LogP contribution in [0.4, 0.5) is 0 Å². The van der Waals surface area contributed by atoms with Gasteiger partial charge in [-0.1, -0.05) is 35.9 Å². The van der Waals surface area contributed by atoms with E-state index >= 15 is 0 Å². The van der Waals surface area contributed by atoms with Crippen LogP contribution in [0.3, 0.4) is 0 Å². The molecule has 3 aromatic rings. The van der Waals surface area contributed by atoms with Gasteiger partial charge < -0.3 is 4.74 Å². The molecule has 0 saturated carbocycles. The molecule has 0 fully saturated rings. The predicted octanol–water partition coefficient (Wildman–Crippen LogP) is 4.22. The second-order valence-corrected chi connectivity index (χ2v) is 4.82. The number of benzene rings is 2. The van der Waals surface area contributed by atoms with Crippen molar-refractivity contribution in [1.29, 1.82) is 0 Å². The fourth-order valence-electron chi connectivity index (χ4n) is 2.29.